The summed E-state index contributed by atoms with van der Waals surface area (Å²) in [4.78, 5) is 23.2. The molecule has 3 unspecified atom stereocenters. The van der Waals surface area contributed by atoms with E-state index in [0.717, 1.165) is 11.3 Å². The predicted octanol–water partition coefficient (Wildman–Crippen LogP) is 2.93. The third-order valence-electron chi connectivity index (χ3n) is 3.95. The van der Waals surface area contributed by atoms with Gasteiger partial charge in [-0.1, -0.05) is 37.3 Å². The first-order valence-corrected chi connectivity index (χ1v) is 9.74. The number of ether oxygens (including phenoxy) is 4. The highest BCUT2D eigenvalue weighted by atomic mass is 32.2. The Morgan fingerprint density at radius 1 is 1.04 bits per heavy atom. The molecule has 1 aliphatic heterocycles. The van der Waals surface area contributed by atoms with Gasteiger partial charge in [-0.05, 0) is 18.2 Å². The molecule has 5 atom stereocenters. The Morgan fingerprint density at radius 2 is 1.65 bits per heavy atom. The molecular formula is C19H26O6S. The Labute approximate surface area is 158 Å². The van der Waals surface area contributed by atoms with Gasteiger partial charge in [0, 0.05) is 13.8 Å². The lowest BCUT2D eigenvalue weighted by atomic mass is 10.00. The molecule has 26 heavy (non-hydrogen) atoms. The van der Waals surface area contributed by atoms with E-state index in [1.54, 1.807) is 18.7 Å². The van der Waals surface area contributed by atoms with Crippen LogP contribution >= 0.6 is 11.8 Å². The molecule has 0 saturated carbocycles. The van der Waals surface area contributed by atoms with Crippen molar-refractivity contribution in [1.82, 2.24) is 0 Å². The van der Waals surface area contributed by atoms with Crippen LogP contribution in [0.1, 0.15) is 33.3 Å². The fourth-order valence-electron chi connectivity index (χ4n) is 2.89. The number of rotatable bonds is 7. The Kier molecular flexibility index (Phi) is 7.93. The Bertz CT molecular complexity index is 593. The van der Waals surface area contributed by atoms with Crippen LogP contribution in [-0.2, 0) is 35.1 Å². The molecule has 0 radical (unpaired) electrons. The number of esters is 2. The minimum atomic E-state index is -0.729. The zero-order valence-electron chi connectivity index (χ0n) is 15.5. The van der Waals surface area contributed by atoms with Gasteiger partial charge in [0.15, 0.2) is 12.2 Å². The van der Waals surface area contributed by atoms with Crippen LogP contribution in [-0.4, -0.2) is 47.5 Å². The molecular weight excluding hydrogens is 356 g/mol. The fourth-order valence-corrected chi connectivity index (χ4v) is 3.90. The molecule has 2 rings (SSSR count). The average Bonchev–Trinajstić information content (AvgIpc) is 2.58. The van der Waals surface area contributed by atoms with E-state index in [0.29, 0.717) is 6.61 Å². The lowest BCUT2D eigenvalue weighted by molar-refractivity contribution is -0.232. The molecule has 1 aromatic rings. The number of benzene rings is 1. The molecule has 0 aliphatic carbocycles. The van der Waals surface area contributed by atoms with Gasteiger partial charge >= 0.3 is 11.9 Å². The van der Waals surface area contributed by atoms with E-state index >= 15 is 0 Å². The summed E-state index contributed by atoms with van der Waals surface area (Å²) in [6, 6.07) is 9.71. The van der Waals surface area contributed by atoms with Crippen molar-refractivity contribution in [2.75, 3.05) is 5.75 Å². The molecule has 1 aromatic carbocycles. The van der Waals surface area contributed by atoms with Crippen LogP contribution in [0.3, 0.4) is 0 Å². The van der Waals surface area contributed by atoms with Crippen LogP contribution in [0.4, 0.5) is 0 Å². The molecule has 7 heteroatoms. The highest BCUT2D eigenvalue weighted by Crippen LogP contribution is 2.34. The smallest absolute Gasteiger partial charge is 0.303 e. The van der Waals surface area contributed by atoms with Gasteiger partial charge in [-0.15, -0.1) is 11.8 Å². The second-order valence-corrected chi connectivity index (χ2v) is 7.45. The number of hydrogen-bond donors (Lipinski definition) is 0. The zero-order valence-corrected chi connectivity index (χ0v) is 16.4. The molecule has 0 spiro atoms. The Morgan fingerprint density at radius 3 is 2.23 bits per heavy atom. The Balaban J connectivity index is 2.23. The minimum absolute atomic E-state index is 0.324. The van der Waals surface area contributed by atoms with Gasteiger partial charge in [0.1, 0.15) is 11.5 Å². The van der Waals surface area contributed by atoms with Gasteiger partial charge in [-0.3, -0.25) is 9.59 Å². The van der Waals surface area contributed by atoms with Crippen molar-refractivity contribution in [3.63, 3.8) is 0 Å². The summed E-state index contributed by atoms with van der Waals surface area (Å²) in [6.45, 7) is 6.83. The monoisotopic (exact) mass is 382 g/mol. The van der Waals surface area contributed by atoms with Gasteiger partial charge in [0.25, 0.3) is 0 Å². The van der Waals surface area contributed by atoms with Crippen LogP contribution in [0, 0.1) is 0 Å². The predicted molar refractivity (Wildman–Crippen MR) is 98.6 cm³/mol. The minimum Gasteiger partial charge on any atom is -0.456 e. The lowest BCUT2D eigenvalue weighted by Gasteiger charge is -2.44. The van der Waals surface area contributed by atoms with Crippen LogP contribution in [0.25, 0.3) is 0 Å². The van der Waals surface area contributed by atoms with Crippen molar-refractivity contribution in [3.8, 4) is 0 Å². The maximum atomic E-state index is 11.7. The van der Waals surface area contributed by atoms with Crippen molar-refractivity contribution in [3.05, 3.63) is 35.9 Å². The van der Waals surface area contributed by atoms with Crippen molar-refractivity contribution in [1.29, 1.82) is 0 Å². The van der Waals surface area contributed by atoms with E-state index in [-0.39, 0.29) is 5.44 Å². The molecule has 0 aromatic heterocycles. The van der Waals surface area contributed by atoms with E-state index in [1.807, 2.05) is 37.3 Å². The SMILES string of the molecule is CCS[C@@H]1OC(C)[C@@H](OC(C)=O)C(OC(C)=O)C1OCc1ccccc1. The molecule has 1 fully saturated rings. The van der Waals surface area contributed by atoms with Crippen molar-refractivity contribution in [2.45, 2.75) is 64.2 Å². The average molecular weight is 382 g/mol. The van der Waals surface area contributed by atoms with Crippen LogP contribution < -0.4 is 0 Å². The van der Waals surface area contributed by atoms with Crippen LogP contribution in [0.15, 0.2) is 30.3 Å². The summed E-state index contributed by atoms with van der Waals surface area (Å²) in [5.74, 6) is -0.0889. The first kappa shape index (κ1) is 20.7. The number of carbonyl (C=O) groups excluding carboxylic acids is 2. The van der Waals surface area contributed by atoms with E-state index in [1.165, 1.54) is 13.8 Å². The molecule has 1 saturated heterocycles. The zero-order chi connectivity index (χ0) is 19.1. The molecule has 0 N–H and O–H groups in total. The highest BCUT2D eigenvalue weighted by Gasteiger charge is 2.49. The summed E-state index contributed by atoms with van der Waals surface area (Å²) < 4.78 is 23.0. The maximum Gasteiger partial charge on any atom is 0.303 e. The topological polar surface area (TPSA) is 71.1 Å². The van der Waals surface area contributed by atoms with Gasteiger partial charge < -0.3 is 18.9 Å². The summed E-state index contributed by atoms with van der Waals surface area (Å²) in [6.07, 6.45) is -2.41. The van der Waals surface area contributed by atoms with Crippen molar-refractivity contribution < 1.29 is 28.5 Å². The second kappa shape index (κ2) is 9.94. The Hall–Kier alpha value is -1.57. The van der Waals surface area contributed by atoms with Crippen LogP contribution in [0.2, 0.25) is 0 Å². The third kappa shape index (κ3) is 5.72. The molecule has 144 valence electrons. The first-order chi connectivity index (χ1) is 12.4. The van der Waals surface area contributed by atoms with Gasteiger partial charge in [-0.25, -0.2) is 0 Å². The van der Waals surface area contributed by atoms with Crippen molar-refractivity contribution in [2.24, 2.45) is 0 Å². The van der Waals surface area contributed by atoms with E-state index < -0.39 is 36.4 Å². The summed E-state index contributed by atoms with van der Waals surface area (Å²) in [5, 5.41) is 0. The number of hydrogen-bond acceptors (Lipinski definition) is 7. The molecule has 0 bridgehead atoms. The normalized spacial score (nSPS) is 28.4. The van der Waals surface area contributed by atoms with Crippen molar-refractivity contribution >= 4 is 23.7 Å². The quantitative estimate of drug-likeness (QED) is 0.672. The molecule has 1 aliphatic rings. The van der Waals surface area contributed by atoms with E-state index in [9.17, 15) is 9.59 Å². The third-order valence-corrected chi connectivity index (χ3v) is 4.99. The van der Waals surface area contributed by atoms with Gasteiger partial charge in [0.2, 0.25) is 0 Å². The molecule has 6 nitrogen and oxygen atoms in total. The van der Waals surface area contributed by atoms with Gasteiger partial charge in [-0.2, -0.15) is 0 Å². The highest BCUT2D eigenvalue weighted by molar-refractivity contribution is 7.99. The van der Waals surface area contributed by atoms with E-state index in [2.05, 4.69) is 0 Å². The van der Waals surface area contributed by atoms with Gasteiger partial charge in [0.05, 0.1) is 12.7 Å². The van der Waals surface area contributed by atoms with E-state index in [4.69, 9.17) is 18.9 Å². The molecule has 1 heterocycles. The lowest BCUT2D eigenvalue weighted by Crippen LogP contribution is -2.59. The summed E-state index contributed by atoms with van der Waals surface area (Å²) in [5.41, 5.74) is 0.673. The second-order valence-electron chi connectivity index (χ2n) is 6.07. The number of thioether (sulfide) groups is 1. The standard InChI is InChI=1S/C19H26O6S/c1-5-26-19-18(22-11-15-9-7-6-8-10-15)17(25-14(4)21)16(12(2)23-19)24-13(3)20/h6-10,12,16-19H,5,11H2,1-4H3/t12?,16-,17?,18?,19+/m1/s1. The fraction of sp³-hybridized carbons (Fsp3) is 0.579. The summed E-state index contributed by atoms with van der Waals surface area (Å²) >= 11 is 1.57. The maximum absolute atomic E-state index is 11.7. The first-order valence-electron chi connectivity index (χ1n) is 8.69. The summed E-state index contributed by atoms with van der Waals surface area (Å²) in [7, 11) is 0. The molecule has 0 amide bonds. The largest absolute Gasteiger partial charge is 0.456 e. The number of carbonyl (C=O) groups is 2. The van der Waals surface area contributed by atoms with Crippen LogP contribution in [0.5, 0.6) is 0 Å².